The third kappa shape index (κ3) is 4.33. The summed E-state index contributed by atoms with van der Waals surface area (Å²) >= 11 is 3.12. The van der Waals surface area contributed by atoms with E-state index in [-0.39, 0.29) is 5.92 Å². The Balaban J connectivity index is 2.23. The highest BCUT2D eigenvalue weighted by molar-refractivity contribution is 9.09. The summed E-state index contributed by atoms with van der Waals surface area (Å²) in [5.74, 6) is 0.368. The summed E-state index contributed by atoms with van der Waals surface area (Å²) in [5, 5.41) is 0.475. The second kappa shape index (κ2) is 3.99. The van der Waals surface area contributed by atoms with Crippen molar-refractivity contribution >= 4 is 15.9 Å². The molecular weight excluding hydrogens is 233 g/mol. The van der Waals surface area contributed by atoms with E-state index < -0.39 is 12.6 Å². The molecule has 1 rings (SSSR count). The zero-order valence-electron chi connectivity index (χ0n) is 6.70. The van der Waals surface area contributed by atoms with Crippen molar-refractivity contribution in [2.45, 2.75) is 31.9 Å². The molecule has 0 spiro atoms. The number of rotatable bonds is 4. The van der Waals surface area contributed by atoms with E-state index in [0.29, 0.717) is 11.2 Å². The molecule has 1 atom stereocenters. The fraction of sp³-hybridized carbons (Fsp3) is 1.00. The molecule has 1 fully saturated rings. The Morgan fingerprint density at radius 2 is 1.92 bits per heavy atom. The van der Waals surface area contributed by atoms with Gasteiger partial charge in [-0.3, -0.25) is 0 Å². The van der Waals surface area contributed by atoms with Crippen molar-refractivity contribution in [1.29, 1.82) is 0 Å². The molecule has 0 heterocycles. The Bertz CT molecular complexity index is 140. The molecule has 4 heteroatoms. The average Bonchev–Trinajstić information content (AvgIpc) is 2.67. The Labute approximate surface area is 78.7 Å². The molecule has 0 radical (unpaired) electrons. The van der Waals surface area contributed by atoms with Crippen LogP contribution in [0, 0.1) is 11.8 Å². The van der Waals surface area contributed by atoms with Crippen LogP contribution in [0.4, 0.5) is 13.2 Å². The predicted molar refractivity (Wildman–Crippen MR) is 45.3 cm³/mol. The highest BCUT2D eigenvalue weighted by Crippen LogP contribution is 2.39. The predicted octanol–water partition coefficient (Wildman–Crippen LogP) is 3.75. The van der Waals surface area contributed by atoms with Gasteiger partial charge in [-0.05, 0) is 18.3 Å². The quantitative estimate of drug-likeness (QED) is 0.661. The molecule has 0 bridgehead atoms. The summed E-state index contributed by atoms with van der Waals surface area (Å²) in [6, 6.07) is 0. The van der Waals surface area contributed by atoms with E-state index in [2.05, 4.69) is 15.9 Å². The molecule has 12 heavy (non-hydrogen) atoms. The molecule has 0 aromatic rings. The lowest BCUT2D eigenvalue weighted by atomic mass is 10.0. The Morgan fingerprint density at radius 3 is 2.25 bits per heavy atom. The molecule has 72 valence electrons. The maximum atomic E-state index is 11.9. The lowest BCUT2D eigenvalue weighted by Gasteiger charge is -2.15. The maximum absolute atomic E-state index is 11.9. The summed E-state index contributed by atoms with van der Waals surface area (Å²) in [5.41, 5.74) is 0. The molecule has 1 saturated carbocycles. The molecule has 1 aliphatic carbocycles. The maximum Gasteiger partial charge on any atom is 0.389 e. The normalized spacial score (nSPS) is 21.0. The van der Waals surface area contributed by atoms with Crippen molar-refractivity contribution in [3.8, 4) is 0 Å². The molecule has 0 aliphatic heterocycles. The van der Waals surface area contributed by atoms with Crippen LogP contribution in [0.1, 0.15) is 25.7 Å². The van der Waals surface area contributed by atoms with Crippen LogP contribution in [-0.2, 0) is 0 Å². The van der Waals surface area contributed by atoms with Gasteiger partial charge in [-0.15, -0.1) is 0 Å². The minimum Gasteiger partial charge on any atom is -0.171 e. The second-order valence-corrected chi connectivity index (χ2v) is 4.17. The summed E-state index contributed by atoms with van der Waals surface area (Å²) in [7, 11) is 0. The van der Waals surface area contributed by atoms with E-state index in [4.69, 9.17) is 0 Å². The van der Waals surface area contributed by atoms with Crippen LogP contribution in [0.3, 0.4) is 0 Å². The van der Waals surface area contributed by atoms with Gasteiger partial charge >= 0.3 is 6.18 Å². The third-order valence-electron chi connectivity index (χ3n) is 2.10. The van der Waals surface area contributed by atoms with Crippen LogP contribution < -0.4 is 0 Å². The van der Waals surface area contributed by atoms with E-state index in [1.165, 1.54) is 0 Å². The third-order valence-corrected chi connectivity index (χ3v) is 3.02. The van der Waals surface area contributed by atoms with Crippen molar-refractivity contribution in [2.24, 2.45) is 11.8 Å². The van der Waals surface area contributed by atoms with Gasteiger partial charge in [0.05, 0.1) is 0 Å². The van der Waals surface area contributed by atoms with Gasteiger partial charge in [0.15, 0.2) is 0 Å². The number of hydrogen-bond donors (Lipinski definition) is 0. The first-order chi connectivity index (χ1) is 5.51. The fourth-order valence-electron chi connectivity index (χ4n) is 1.35. The van der Waals surface area contributed by atoms with Crippen LogP contribution in [0.5, 0.6) is 0 Å². The highest BCUT2D eigenvalue weighted by Gasteiger charge is 2.34. The van der Waals surface area contributed by atoms with Crippen molar-refractivity contribution in [3.05, 3.63) is 0 Å². The number of alkyl halides is 4. The van der Waals surface area contributed by atoms with Crippen LogP contribution in [0.15, 0.2) is 0 Å². The molecule has 0 amide bonds. The smallest absolute Gasteiger partial charge is 0.171 e. The highest BCUT2D eigenvalue weighted by atomic mass is 79.9. The molecule has 0 aromatic carbocycles. The standard InChI is InChI=1S/C8H12BrF3/c9-5-7(3-6-1-2-6)4-8(10,11)12/h6-7H,1-5H2/t7-/m0/s1. The SMILES string of the molecule is FC(F)(F)C[C@@H](CBr)CC1CC1. The summed E-state index contributed by atoms with van der Waals surface area (Å²) < 4.78 is 35.8. The van der Waals surface area contributed by atoms with Crippen LogP contribution >= 0.6 is 15.9 Å². The minimum absolute atomic E-state index is 0.211. The zero-order chi connectivity index (χ0) is 9.19. The average molecular weight is 245 g/mol. The molecule has 0 saturated heterocycles. The Kier molecular flexibility index (Phi) is 3.44. The van der Waals surface area contributed by atoms with E-state index in [0.717, 1.165) is 19.3 Å². The van der Waals surface area contributed by atoms with Crippen LogP contribution in [-0.4, -0.2) is 11.5 Å². The minimum atomic E-state index is -3.99. The lowest BCUT2D eigenvalue weighted by Crippen LogP contribution is -2.16. The summed E-state index contributed by atoms with van der Waals surface area (Å²) in [4.78, 5) is 0. The van der Waals surface area contributed by atoms with E-state index >= 15 is 0 Å². The molecular formula is C8H12BrF3. The van der Waals surface area contributed by atoms with E-state index in [1.807, 2.05) is 0 Å². The second-order valence-electron chi connectivity index (χ2n) is 3.52. The molecule has 1 aliphatic rings. The van der Waals surface area contributed by atoms with Gasteiger partial charge in [-0.25, -0.2) is 0 Å². The first kappa shape index (κ1) is 10.4. The van der Waals surface area contributed by atoms with Gasteiger partial charge in [-0.1, -0.05) is 28.8 Å². The van der Waals surface area contributed by atoms with E-state index in [9.17, 15) is 13.2 Å². The topological polar surface area (TPSA) is 0 Å². The Morgan fingerprint density at radius 1 is 1.33 bits per heavy atom. The first-order valence-corrected chi connectivity index (χ1v) is 5.26. The van der Waals surface area contributed by atoms with Gasteiger partial charge in [-0.2, -0.15) is 13.2 Å². The van der Waals surface area contributed by atoms with Crippen LogP contribution in [0.25, 0.3) is 0 Å². The Hall–Kier alpha value is 0.270. The van der Waals surface area contributed by atoms with Crippen LogP contribution in [0.2, 0.25) is 0 Å². The monoisotopic (exact) mass is 244 g/mol. The molecule has 0 unspecified atom stereocenters. The van der Waals surface area contributed by atoms with Gasteiger partial charge in [0.2, 0.25) is 0 Å². The van der Waals surface area contributed by atoms with Gasteiger partial charge in [0.1, 0.15) is 0 Å². The fourth-order valence-corrected chi connectivity index (χ4v) is 1.85. The largest absolute Gasteiger partial charge is 0.389 e. The zero-order valence-corrected chi connectivity index (χ0v) is 8.29. The van der Waals surface area contributed by atoms with Gasteiger partial charge in [0, 0.05) is 11.8 Å². The number of hydrogen-bond acceptors (Lipinski definition) is 0. The molecule has 0 nitrogen and oxygen atoms in total. The van der Waals surface area contributed by atoms with Gasteiger partial charge in [0.25, 0.3) is 0 Å². The van der Waals surface area contributed by atoms with Crippen molar-refractivity contribution in [3.63, 3.8) is 0 Å². The van der Waals surface area contributed by atoms with Crippen molar-refractivity contribution < 1.29 is 13.2 Å². The first-order valence-electron chi connectivity index (χ1n) is 4.14. The van der Waals surface area contributed by atoms with Crippen molar-refractivity contribution in [1.82, 2.24) is 0 Å². The molecule has 0 aromatic heterocycles. The summed E-state index contributed by atoms with van der Waals surface area (Å²) in [6.45, 7) is 0. The number of halogens is 4. The molecule has 0 N–H and O–H groups in total. The van der Waals surface area contributed by atoms with Crippen molar-refractivity contribution in [2.75, 3.05) is 5.33 Å². The summed E-state index contributed by atoms with van der Waals surface area (Å²) in [6.07, 6.45) is -1.63. The van der Waals surface area contributed by atoms with E-state index in [1.54, 1.807) is 0 Å². The lowest BCUT2D eigenvalue weighted by molar-refractivity contribution is -0.143. The van der Waals surface area contributed by atoms with Gasteiger partial charge < -0.3 is 0 Å².